The third-order valence-corrected chi connectivity index (χ3v) is 5.30. The molecule has 1 N–H and O–H groups in total. The maximum absolute atomic E-state index is 13.6. The van der Waals surface area contributed by atoms with Crippen LogP contribution < -0.4 is 5.32 Å². The summed E-state index contributed by atoms with van der Waals surface area (Å²) in [5.41, 5.74) is -1.37. The lowest BCUT2D eigenvalue weighted by Gasteiger charge is -2.14. The van der Waals surface area contributed by atoms with Crippen molar-refractivity contribution in [2.45, 2.75) is 38.8 Å². The SMILES string of the molecule is CCC(CC)c1nnc(NC(=O)c2cnc3ccccc3c2C(F)(F)F)s1. The van der Waals surface area contributed by atoms with Crippen molar-refractivity contribution in [3.05, 3.63) is 46.6 Å². The molecular formula is C18H17F3N4OS. The molecule has 5 nitrogen and oxygen atoms in total. The van der Waals surface area contributed by atoms with Crippen molar-refractivity contribution in [1.29, 1.82) is 0 Å². The standard InChI is InChI=1S/C18H17F3N4OS/c1-3-10(4-2)16-24-25-17(27-16)23-15(26)12-9-22-13-8-6-5-7-11(13)14(12)18(19,20)21/h5-10H,3-4H2,1-2H3,(H,23,25,26). The van der Waals surface area contributed by atoms with Gasteiger partial charge in [-0.25, -0.2) is 0 Å². The monoisotopic (exact) mass is 394 g/mol. The van der Waals surface area contributed by atoms with Crippen LogP contribution in [0, 0.1) is 0 Å². The molecule has 2 heterocycles. The molecule has 0 saturated carbocycles. The highest BCUT2D eigenvalue weighted by atomic mass is 32.1. The molecule has 0 unspecified atom stereocenters. The fourth-order valence-electron chi connectivity index (χ4n) is 2.87. The lowest BCUT2D eigenvalue weighted by Crippen LogP contribution is -2.19. The molecule has 0 radical (unpaired) electrons. The molecule has 142 valence electrons. The summed E-state index contributed by atoms with van der Waals surface area (Å²) in [6.07, 6.45) is -2.02. The van der Waals surface area contributed by atoms with Gasteiger partial charge in [-0.15, -0.1) is 10.2 Å². The van der Waals surface area contributed by atoms with Crippen molar-refractivity contribution in [2.75, 3.05) is 5.32 Å². The van der Waals surface area contributed by atoms with Crippen LogP contribution in [0.3, 0.4) is 0 Å². The number of nitrogens with zero attached hydrogens (tertiary/aromatic N) is 3. The van der Waals surface area contributed by atoms with E-state index in [0.29, 0.717) is 0 Å². The highest BCUT2D eigenvalue weighted by Gasteiger charge is 2.37. The van der Waals surface area contributed by atoms with Crippen LogP contribution in [-0.2, 0) is 6.18 Å². The zero-order chi connectivity index (χ0) is 19.6. The number of halogens is 3. The van der Waals surface area contributed by atoms with E-state index < -0.39 is 23.2 Å². The average Bonchev–Trinajstić information content (AvgIpc) is 3.09. The summed E-state index contributed by atoms with van der Waals surface area (Å²) in [6.45, 7) is 4.04. The van der Waals surface area contributed by atoms with Crippen molar-refractivity contribution in [3.8, 4) is 0 Å². The van der Waals surface area contributed by atoms with E-state index in [2.05, 4.69) is 20.5 Å². The fraction of sp³-hybridized carbons (Fsp3) is 0.333. The predicted octanol–water partition coefficient (Wildman–Crippen LogP) is 5.26. The molecule has 3 rings (SSSR count). The molecule has 0 bridgehead atoms. The second kappa shape index (κ2) is 7.59. The number of para-hydroxylation sites is 1. The molecule has 0 atom stereocenters. The Kier molecular flexibility index (Phi) is 5.41. The summed E-state index contributed by atoms with van der Waals surface area (Å²) in [5, 5.41) is 11.2. The molecule has 0 aliphatic rings. The lowest BCUT2D eigenvalue weighted by molar-refractivity contribution is -0.136. The van der Waals surface area contributed by atoms with Crippen LogP contribution in [0.4, 0.5) is 18.3 Å². The van der Waals surface area contributed by atoms with Gasteiger partial charge in [-0.2, -0.15) is 13.2 Å². The van der Waals surface area contributed by atoms with Crippen molar-refractivity contribution in [2.24, 2.45) is 0 Å². The number of benzene rings is 1. The molecular weight excluding hydrogens is 377 g/mol. The van der Waals surface area contributed by atoms with Crippen LogP contribution in [0.1, 0.15) is 53.5 Å². The number of nitrogens with one attached hydrogen (secondary N) is 1. The summed E-state index contributed by atoms with van der Waals surface area (Å²) < 4.78 is 40.9. The maximum Gasteiger partial charge on any atom is 0.417 e. The first-order chi connectivity index (χ1) is 12.8. The lowest BCUT2D eigenvalue weighted by atomic mass is 10.0. The molecule has 1 aromatic carbocycles. The first-order valence-corrected chi connectivity index (χ1v) is 9.26. The molecule has 0 aliphatic heterocycles. The van der Waals surface area contributed by atoms with Crippen LogP contribution in [-0.4, -0.2) is 21.1 Å². The maximum atomic E-state index is 13.6. The third-order valence-electron chi connectivity index (χ3n) is 4.30. The van der Waals surface area contributed by atoms with Gasteiger partial charge in [-0.3, -0.25) is 15.1 Å². The third kappa shape index (κ3) is 3.92. The number of carbonyl (C=O) groups excluding carboxylic acids is 1. The van der Waals surface area contributed by atoms with E-state index in [1.807, 2.05) is 13.8 Å². The minimum Gasteiger partial charge on any atom is -0.296 e. The van der Waals surface area contributed by atoms with Gasteiger partial charge < -0.3 is 0 Å². The normalized spacial score (nSPS) is 11.9. The van der Waals surface area contributed by atoms with Gasteiger partial charge in [-0.05, 0) is 18.9 Å². The van der Waals surface area contributed by atoms with Gasteiger partial charge in [0.2, 0.25) is 5.13 Å². The van der Waals surface area contributed by atoms with E-state index in [0.717, 1.165) is 24.0 Å². The summed E-state index contributed by atoms with van der Waals surface area (Å²) >= 11 is 1.17. The molecule has 0 fully saturated rings. The molecule has 27 heavy (non-hydrogen) atoms. The van der Waals surface area contributed by atoms with Crippen LogP contribution in [0.15, 0.2) is 30.5 Å². The smallest absolute Gasteiger partial charge is 0.296 e. The number of alkyl halides is 3. The Morgan fingerprint density at radius 2 is 1.89 bits per heavy atom. The largest absolute Gasteiger partial charge is 0.417 e. The number of hydrogen-bond acceptors (Lipinski definition) is 5. The van der Waals surface area contributed by atoms with Crippen molar-refractivity contribution >= 4 is 33.3 Å². The van der Waals surface area contributed by atoms with Crippen molar-refractivity contribution < 1.29 is 18.0 Å². The van der Waals surface area contributed by atoms with E-state index in [-0.39, 0.29) is 22.0 Å². The van der Waals surface area contributed by atoms with Gasteiger partial charge in [0.25, 0.3) is 5.91 Å². The number of aromatic nitrogens is 3. The molecule has 0 spiro atoms. The zero-order valence-corrected chi connectivity index (χ0v) is 15.5. The Bertz CT molecular complexity index is 967. The number of pyridine rings is 1. The van der Waals surface area contributed by atoms with Gasteiger partial charge >= 0.3 is 6.18 Å². The van der Waals surface area contributed by atoms with Crippen LogP contribution in [0.2, 0.25) is 0 Å². The molecule has 9 heteroatoms. The second-order valence-electron chi connectivity index (χ2n) is 5.97. The Labute approximate surface area is 157 Å². The molecule has 0 saturated heterocycles. The average molecular weight is 394 g/mol. The minimum absolute atomic E-state index is 0.118. The summed E-state index contributed by atoms with van der Waals surface area (Å²) in [4.78, 5) is 16.5. The Morgan fingerprint density at radius 3 is 2.56 bits per heavy atom. The molecule has 2 aromatic heterocycles. The highest BCUT2D eigenvalue weighted by molar-refractivity contribution is 7.15. The quantitative estimate of drug-likeness (QED) is 0.641. The van der Waals surface area contributed by atoms with Crippen LogP contribution >= 0.6 is 11.3 Å². The summed E-state index contributed by atoms with van der Waals surface area (Å²) in [7, 11) is 0. The van der Waals surface area contributed by atoms with Gasteiger partial charge in [0, 0.05) is 17.5 Å². The first kappa shape index (κ1) is 19.2. The van der Waals surface area contributed by atoms with Crippen molar-refractivity contribution in [1.82, 2.24) is 15.2 Å². The second-order valence-corrected chi connectivity index (χ2v) is 6.98. The highest BCUT2D eigenvalue weighted by Crippen LogP contribution is 2.37. The van der Waals surface area contributed by atoms with Gasteiger partial charge in [0.15, 0.2) is 0 Å². The number of fused-ring (bicyclic) bond motifs is 1. The topological polar surface area (TPSA) is 67.8 Å². The number of anilines is 1. The van der Waals surface area contributed by atoms with Crippen LogP contribution in [0.5, 0.6) is 0 Å². The summed E-state index contributed by atoms with van der Waals surface area (Å²) in [6, 6.07) is 5.85. The van der Waals surface area contributed by atoms with E-state index in [1.165, 1.54) is 29.5 Å². The van der Waals surface area contributed by atoms with Gasteiger partial charge in [-0.1, -0.05) is 43.4 Å². The van der Waals surface area contributed by atoms with E-state index in [4.69, 9.17) is 0 Å². The Hall–Kier alpha value is -2.55. The Balaban J connectivity index is 1.97. The van der Waals surface area contributed by atoms with Gasteiger partial charge in [0.1, 0.15) is 5.01 Å². The Morgan fingerprint density at radius 1 is 1.19 bits per heavy atom. The fourth-order valence-corrected chi connectivity index (χ4v) is 3.88. The van der Waals surface area contributed by atoms with Crippen molar-refractivity contribution in [3.63, 3.8) is 0 Å². The number of carbonyl (C=O) groups is 1. The number of hydrogen-bond donors (Lipinski definition) is 1. The molecule has 0 aliphatic carbocycles. The van der Waals surface area contributed by atoms with Crippen LogP contribution in [0.25, 0.3) is 10.9 Å². The number of rotatable bonds is 5. The van der Waals surface area contributed by atoms with E-state index >= 15 is 0 Å². The first-order valence-electron chi connectivity index (χ1n) is 8.44. The van der Waals surface area contributed by atoms with Gasteiger partial charge in [0.05, 0.1) is 16.6 Å². The molecule has 1 amide bonds. The zero-order valence-electron chi connectivity index (χ0n) is 14.7. The van der Waals surface area contributed by atoms with E-state index in [9.17, 15) is 18.0 Å². The molecule has 3 aromatic rings. The minimum atomic E-state index is -4.70. The predicted molar refractivity (Wildman–Crippen MR) is 97.9 cm³/mol. The van der Waals surface area contributed by atoms with E-state index in [1.54, 1.807) is 6.07 Å². The number of amides is 1. The summed E-state index contributed by atoms with van der Waals surface area (Å²) in [5.74, 6) is -0.700.